The van der Waals surface area contributed by atoms with E-state index in [9.17, 15) is 9.59 Å². The molecule has 0 radical (unpaired) electrons. The molecular formula is C19H22N2O4. The number of hydrogen-bond donors (Lipinski definition) is 2. The Morgan fingerprint density at radius 1 is 1.20 bits per heavy atom. The van der Waals surface area contributed by atoms with Gasteiger partial charge in [-0.05, 0) is 18.1 Å². The van der Waals surface area contributed by atoms with Gasteiger partial charge in [0.25, 0.3) is 5.91 Å². The predicted octanol–water partition coefficient (Wildman–Crippen LogP) is 2.89. The Morgan fingerprint density at radius 3 is 2.56 bits per heavy atom. The molecule has 6 nitrogen and oxygen atoms in total. The summed E-state index contributed by atoms with van der Waals surface area (Å²) in [5, 5.41) is 11.7. The van der Waals surface area contributed by atoms with Gasteiger partial charge in [-0.1, -0.05) is 43.7 Å². The van der Waals surface area contributed by atoms with E-state index in [2.05, 4.69) is 10.3 Å². The van der Waals surface area contributed by atoms with E-state index >= 15 is 0 Å². The lowest BCUT2D eigenvalue weighted by Crippen LogP contribution is -2.32. The fourth-order valence-electron chi connectivity index (χ4n) is 2.31. The highest BCUT2D eigenvalue weighted by Crippen LogP contribution is 2.11. The number of aromatic nitrogens is 1. The van der Waals surface area contributed by atoms with Gasteiger partial charge < -0.3 is 15.2 Å². The number of nitrogens with zero attached hydrogens (tertiary/aromatic N) is 1. The molecule has 1 amide bonds. The van der Waals surface area contributed by atoms with Crippen LogP contribution in [-0.2, 0) is 11.4 Å². The number of ether oxygens (including phenoxy) is 1. The lowest BCUT2D eigenvalue weighted by Gasteiger charge is -2.12. The summed E-state index contributed by atoms with van der Waals surface area (Å²) in [7, 11) is 0. The summed E-state index contributed by atoms with van der Waals surface area (Å²) in [5.74, 6) is -1.39. The standard InChI is InChI=1S/C19H22N2O4/c1-2-6-16(19(23)24)12-21-18(22)15-9-10-17(20-11-15)25-13-14-7-4-3-5-8-14/h3-5,7-11,16H,2,6,12-13H2,1H3,(H,21,22)(H,23,24). The van der Waals surface area contributed by atoms with E-state index in [4.69, 9.17) is 9.84 Å². The van der Waals surface area contributed by atoms with Gasteiger partial charge in [-0.25, -0.2) is 4.98 Å². The van der Waals surface area contributed by atoms with Crippen molar-refractivity contribution < 1.29 is 19.4 Å². The normalized spacial score (nSPS) is 11.6. The molecule has 0 bridgehead atoms. The zero-order valence-corrected chi connectivity index (χ0v) is 14.1. The van der Waals surface area contributed by atoms with Crippen LogP contribution in [0.2, 0.25) is 0 Å². The molecule has 1 atom stereocenters. The Labute approximate surface area is 146 Å². The number of carbonyl (C=O) groups excluding carboxylic acids is 1. The second-order valence-corrected chi connectivity index (χ2v) is 5.69. The molecule has 25 heavy (non-hydrogen) atoms. The minimum absolute atomic E-state index is 0.105. The first-order valence-corrected chi connectivity index (χ1v) is 8.24. The molecule has 1 unspecified atom stereocenters. The van der Waals surface area contributed by atoms with Gasteiger partial charge >= 0.3 is 5.97 Å². The number of benzene rings is 1. The highest BCUT2D eigenvalue weighted by molar-refractivity contribution is 5.94. The molecule has 6 heteroatoms. The van der Waals surface area contributed by atoms with Crippen molar-refractivity contribution in [2.24, 2.45) is 5.92 Å². The quantitative estimate of drug-likeness (QED) is 0.731. The van der Waals surface area contributed by atoms with Crippen molar-refractivity contribution in [1.82, 2.24) is 10.3 Å². The van der Waals surface area contributed by atoms with E-state index in [0.717, 1.165) is 12.0 Å². The summed E-state index contributed by atoms with van der Waals surface area (Å²) in [6.45, 7) is 2.42. The third-order valence-corrected chi connectivity index (χ3v) is 3.72. The predicted molar refractivity (Wildman–Crippen MR) is 93.4 cm³/mol. The molecule has 0 aliphatic heterocycles. The lowest BCUT2D eigenvalue weighted by atomic mass is 10.0. The van der Waals surface area contributed by atoms with Crippen molar-refractivity contribution >= 4 is 11.9 Å². The van der Waals surface area contributed by atoms with E-state index in [1.807, 2.05) is 37.3 Å². The first-order chi connectivity index (χ1) is 12.1. The van der Waals surface area contributed by atoms with Crippen LogP contribution in [0.5, 0.6) is 5.88 Å². The van der Waals surface area contributed by atoms with Gasteiger partial charge in [-0.3, -0.25) is 9.59 Å². The molecule has 0 aliphatic carbocycles. The average molecular weight is 342 g/mol. The maximum absolute atomic E-state index is 12.1. The van der Waals surface area contributed by atoms with Gasteiger partial charge in [-0.15, -0.1) is 0 Å². The van der Waals surface area contributed by atoms with Crippen LogP contribution in [0, 0.1) is 5.92 Å². The third-order valence-electron chi connectivity index (χ3n) is 3.72. The van der Waals surface area contributed by atoms with Crippen molar-refractivity contribution in [3.05, 3.63) is 59.8 Å². The maximum Gasteiger partial charge on any atom is 0.308 e. The van der Waals surface area contributed by atoms with Crippen LogP contribution in [0.25, 0.3) is 0 Å². The average Bonchev–Trinajstić information content (AvgIpc) is 2.64. The Morgan fingerprint density at radius 2 is 1.96 bits per heavy atom. The fourth-order valence-corrected chi connectivity index (χ4v) is 2.31. The number of aliphatic carboxylic acids is 1. The second kappa shape index (κ2) is 9.42. The number of pyridine rings is 1. The summed E-state index contributed by atoms with van der Waals surface area (Å²) in [4.78, 5) is 27.3. The Kier molecular flexibility index (Phi) is 6.95. The van der Waals surface area contributed by atoms with Crippen molar-refractivity contribution in [3.8, 4) is 5.88 Å². The number of nitrogens with one attached hydrogen (secondary N) is 1. The van der Waals surface area contributed by atoms with Crippen LogP contribution < -0.4 is 10.1 Å². The van der Waals surface area contributed by atoms with Crippen LogP contribution in [0.3, 0.4) is 0 Å². The number of amides is 1. The molecular weight excluding hydrogens is 320 g/mol. The topological polar surface area (TPSA) is 88.5 Å². The van der Waals surface area contributed by atoms with Crippen LogP contribution in [-0.4, -0.2) is 28.5 Å². The molecule has 132 valence electrons. The van der Waals surface area contributed by atoms with Gasteiger partial charge in [0.2, 0.25) is 5.88 Å². The number of rotatable bonds is 9. The SMILES string of the molecule is CCCC(CNC(=O)c1ccc(OCc2ccccc2)nc1)C(=O)O. The minimum atomic E-state index is -0.898. The fraction of sp³-hybridized carbons (Fsp3) is 0.316. The first-order valence-electron chi connectivity index (χ1n) is 8.24. The molecule has 2 aromatic rings. The minimum Gasteiger partial charge on any atom is -0.481 e. The zero-order chi connectivity index (χ0) is 18.1. The van der Waals surface area contributed by atoms with Gasteiger partial charge in [0.15, 0.2) is 0 Å². The smallest absolute Gasteiger partial charge is 0.308 e. The summed E-state index contributed by atoms with van der Waals surface area (Å²) < 4.78 is 5.57. The Balaban J connectivity index is 1.86. The van der Waals surface area contributed by atoms with Gasteiger partial charge in [0.1, 0.15) is 6.61 Å². The first kappa shape index (κ1) is 18.4. The van der Waals surface area contributed by atoms with E-state index in [-0.39, 0.29) is 12.5 Å². The zero-order valence-electron chi connectivity index (χ0n) is 14.1. The number of carboxylic acids is 1. The van der Waals surface area contributed by atoms with E-state index in [1.54, 1.807) is 12.1 Å². The van der Waals surface area contributed by atoms with Crippen LogP contribution in [0.15, 0.2) is 48.7 Å². The van der Waals surface area contributed by atoms with Gasteiger partial charge in [0.05, 0.1) is 11.5 Å². The van der Waals surface area contributed by atoms with Crippen molar-refractivity contribution in [2.75, 3.05) is 6.54 Å². The Bertz CT molecular complexity index is 686. The summed E-state index contributed by atoms with van der Waals surface area (Å²) in [5.41, 5.74) is 1.40. The molecule has 1 aromatic carbocycles. The van der Waals surface area contributed by atoms with Crippen LogP contribution in [0.4, 0.5) is 0 Å². The monoisotopic (exact) mass is 342 g/mol. The van der Waals surface area contributed by atoms with Gasteiger partial charge in [-0.2, -0.15) is 0 Å². The molecule has 0 spiro atoms. The van der Waals surface area contributed by atoms with Crippen LogP contribution in [0.1, 0.15) is 35.7 Å². The van der Waals surface area contributed by atoms with Crippen molar-refractivity contribution in [3.63, 3.8) is 0 Å². The van der Waals surface area contributed by atoms with Gasteiger partial charge in [0, 0.05) is 18.8 Å². The van der Waals surface area contributed by atoms with E-state index in [0.29, 0.717) is 24.5 Å². The molecule has 1 heterocycles. The largest absolute Gasteiger partial charge is 0.481 e. The summed E-state index contributed by atoms with van der Waals surface area (Å²) >= 11 is 0. The molecule has 0 aliphatic rings. The molecule has 0 saturated heterocycles. The lowest BCUT2D eigenvalue weighted by molar-refractivity contribution is -0.141. The number of carboxylic acid groups (broad SMARTS) is 1. The summed E-state index contributed by atoms with van der Waals surface area (Å²) in [6, 6.07) is 12.9. The molecule has 2 N–H and O–H groups in total. The second-order valence-electron chi connectivity index (χ2n) is 5.69. The molecule has 2 rings (SSSR count). The van der Waals surface area contributed by atoms with Crippen molar-refractivity contribution in [1.29, 1.82) is 0 Å². The molecule has 0 fully saturated rings. The summed E-state index contributed by atoms with van der Waals surface area (Å²) in [6.07, 6.45) is 2.70. The van der Waals surface area contributed by atoms with Crippen LogP contribution >= 0.6 is 0 Å². The molecule has 0 saturated carbocycles. The number of carbonyl (C=O) groups is 2. The molecule has 1 aromatic heterocycles. The maximum atomic E-state index is 12.1. The van der Waals surface area contributed by atoms with Crippen molar-refractivity contribution in [2.45, 2.75) is 26.4 Å². The highest BCUT2D eigenvalue weighted by atomic mass is 16.5. The Hall–Kier alpha value is -2.89. The third kappa shape index (κ3) is 5.91. The van der Waals surface area contributed by atoms with E-state index in [1.165, 1.54) is 6.20 Å². The van der Waals surface area contributed by atoms with E-state index < -0.39 is 11.9 Å². The number of hydrogen-bond acceptors (Lipinski definition) is 4. The highest BCUT2D eigenvalue weighted by Gasteiger charge is 2.17.